The van der Waals surface area contributed by atoms with Gasteiger partial charge in [-0.25, -0.2) is 0 Å². The van der Waals surface area contributed by atoms with Gasteiger partial charge in [0.2, 0.25) is 0 Å². The van der Waals surface area contributed by atoms with Crippen molar-refractivity contribution in [2.24, 2.45) is 0 Å². The molecule has 1 atom stereocenters. The van der Waals surface area contributed by atoms with Gasteiger partial charge in [0.15, 0.2) is 6.10 Å². The Hall–Kier alpha value is -2.45. The number of halogens is 1. The van der Waals surface area contributed by atoms with Crippen molar-refractivity contribution in [2.45, 2.75) is 19.6 Å². The number of amides is 1. The molecule has 1 aromatic carbocycles. The number of furan rings is 1. The van der Waals surface area contributed by atoms with Gasteiger partial charge in [-0.15, -0.1) is 0 Å². The molecule has 6 heteroatoms. The number of benzene rings is 1. The van der Waals surface area contributed by atoms with Crippen LogP contribution in [0.2, 0.25) is 5.02 Å². The summed E-state index contributed by atoms with van der Waals surface area (Å²) in [5.74, 6) is 0.622. The van der Waals surface area contributed by atoms with Gasteiger partial charge in [-0.3, -0.25) is 4.79 Å². The van der Waals surface area contributed by atoms with Crippen molar-refractivity contribution >= 4 is 17.5 Å². The highest BCUT2D eigenvalue weighted by molar-refractivity contribution is 6.30. The van der Waals surface area contributed by atoms with Crippen molar-refractivity contribution < 1.29 is 13.9 Å². The van der Waals surface area contributed by atoms with Crippen LogP contribution in [0.25, 0.3) is 0 Å². The quantitative estimate of drug-likeness (QED) is 0.921. The lowest BCUT2D eigenvalue weighted by Gasteiger charge is -2.15. The normalized spacial score (nSPS) is 11.5. The maximum Gasteiger partial charge on any atom is 0.261 e. The van der Waals surface area contributed by atoms with Gasteiger partial charge in [-0.1, -0.05) is 11.6 Å². The molecular formula is C15H13ClN2O3. The van der Waals surface area contributed by atoms with Crippen molar-refractivity contribution in [2.75, 3.05) is 0 Å². The highest BCUT2D eigenvalue weighted by Crippen LogP contribution is 2.23. The number of nitriles is 1. The number of ether oxygens (including phenoxy) is 1. The van der Waals surface area contributed by atoms with Crippen LogP contribution in [0.15, 0.2) is 41.0 Å². The third kappa shape index (κ3) is 4.01. The minimum atomic E-state index is -0.759. The predicted molar refractivity (Wildman–Crippen MR) is 76.8 cm³/mol. The Morgan fingerprint density at radius 2 is 2.33 bits per heavy atom. The maximum absolute atomic E-state index is 11.9. The van der Waals surface area contributed by atoms with Crippen LogP contribution in [0, 0.1) is 11.3 Å². The topological polar surface area (TPSA) is 75.3 Å². The van der Waals surface area contributed by atoms with E-state index in [1.807, 2.05) is 6.07 Å². The summed E-state index contributed by atoms with van der Waals surface area (Å²) >= 11 is 5.86. The van der Waals surface area contributed by atoms with Crippen molar-refractivity contribution in [3.05, 3.63) is 52.9 Å². The van der Waals surface area contributed by atoms with E-state index in [0.717, 1.165) is 0 Å². The van der Waals surface area contributed by atoms with E-state index < -0.39 is 6.10 Å². The zero-order chi connectivity index (χ0) is 15.2. The van der Waals surface area contributed by atoms with Crippen LogP contribution >= 0.6 is 11.6 Å². The second kappa shape index (κ2) is 6.82. The molecule has 0 spiro atoms. The van der Waals surface area contributed by atoms with Crippen molar-refractivity contribution in [1.29, 1.82) is 5.26 Å². The second-order valence-corrected chi connectivity index (χ2v) is 4.75. The smallest absolute Gasteiger partial charge is 0.261 e. The van der Waals surface area contributed by atoms with Gasteiger partial charge >= 0.3 is 0 Å². The average molecular weight is 305 g/mol. The van der Waals surface area contributed by atoms with Gasteiger partial charge in [0.25, 0.3) is 5.91 Å². The highest BCUT2D eigenvalue weighted by atomic mass is 35.5. The van der Waals surface area contributed by atoms with Gasteiger partial charge in [0.05, 0.1) is 18.4 Å². The Kier molecular flexibility index (Phi) is 4.85. The number of hydrogen-bond donors (Lipinski definition) is 1. The Morgan fingerprint density at radius 3 is 3.00 bits per heavy atom. The predicted octanol–water partition coefficient (Wildman–Crippen LogP) is 2.89. The molecular weight excluding hydrogens is 292 g/mol. The zero-order valence-electron chi connectivity index (χ0n) is 11.3. The maximum atomic E-state index is 11.9. The largest absolute Gasteiger partial charge is 0.479 e. The summed E-state index contributed by atoms with van der Waals surface area (Å²) in [4.78, 5) is 11.9. The van der Waals surface area contributed by atoms with Gasteiger partial charge in [-0.2, -0.15) is 5.26 Å². The summed E-state index contributed by atoms with van der Waals surface area (Å²) in [7, 11) is 0. The van der Waals surface area contributed by atoms with Crippen LogP contribution in [0.4, 0.5) is 0 Å². The lowest BCUT2D eigenvalue weighted by Crippen LogP contribution is -2.35. The fourth-order valence-corrected chi connectivity index (χ4v) is 1.82. The van der Waals surface area contributed by atoms with E-state index in [2.05, 4.69) is 5.32 Å². The molecule has 1 N–H and O–H groups in total. The van der Waals surface area contributed by atoms with Crippen LogP contribution in [0.1, 0.15) is 18.2 Å². The molecule has 0 aliphatic rings. The summed E-state index contributed by atoms with van der Waals surface area (Å²) in [6.45, 7) is 1.87. The van der Waals surface area contributed by atoms with Crippen LogP contribution in [-0.4, -0.2) is 12.0 Å². The minimum Gasteiger partial charge on any atom is -0.479 e. The van der Waals surface area contributed by atoms with Gasteiger partial charge in [-0.05, 0) is 31.2 Å². The van der Waals surface area contributed by atoms with Crippen molar-refractivity contribution in [3.63, 3.8) is 0 Å². The fourth-order valence-electron chi connectivity index (χ4n) is 1.66. The van der Waals surface area contributed by atoms with Crippen LogP contribution in [0.3, 0.4) is 0 Å². The molecule has 108 valence electrons. The van der Waals surface area contributed by atoms with Crippen molar-refractivity contribution in [1.82, 2.24) is 5.32 Å². The standard InChI is InChI=1S/C15H13ClN2O3/c1-10(15(19)18-9-13-3-2-6-20-13)21-14-7-12(16)5-4-11(14)8-17/h2-7,10H,9H2,1H3,(H,18,19). The van der Waals surface area contributed by atoms with E-state index in [4.69, 9.17) is 26.0 Å². The molecule has 0 aliphatic carbocycles. The second-order valence-electron chi connectivity index (χ2n) is 4.31. The van der Waals surface area contributed by atoms with Gasteiger partial charge < -0.3 is 14.5 Å². The van der Waals surface area contributed by atoms with E-state index in [-0.39, 0.29) is 18.2 Å². The molecule has 5 nitrogen and oxygen atoms in total. The molecule has 0 bridgehead atoms. The molecule has 1 heterocycles. The molecule has 0 saturated heterocycles. The monoisotopic (exact) mass is 304 g/mol. The summed E-state index contributed by atoms with van der Waals surface area (Å²) in [6, 6.07) is 10.1. The van der Waals surface area contributed by atoms with E-state index in [0.29, 0.717) is 16.3 Å². The summed E-state index contributed by atoms with van der Waals surface area (Å²) in [5, 5.41) is 12.1. The Bertz CT molecular complexity index is 662. The van der Waals surface area contributed by atoms with Gasteiger partial charge in [0.1, 0.15) is 17.6 Å². The lowest BCUT2D eigenvalue weighted by molar-refractivity contribution is -0.127. The Balaban J connectivity index is 1.97. The average Bonchev–Trinajstić information content (AvgIpc) is 2.98. The first kappa shape index (κ1) is 14.9. The van der Waals surface area contributed by atoms with Crippen molar-refractivity contribution in [3.8, 4) is 11.8 Å². The van der Waals surface area contributed by atoms with E-state index in [1.54, 1.807) is 31.2 Å². The molecule has 0 saturated carbocycles. The third-order valence-corrected chi connectivity index (χ3v) is 2.99. The van der Waals surface area contributed by atoms with Crippen LogP contribution < -0.4 is 10.1 Å². The first-order valence-corrected chi connectivity index (χ1v) is 6.64. The Labute approximate surface area is 127 Å². The molecule has 1 aromatic heterocycles. The number of carbonyl (C=O) groups excluding carboxylic acids is 1. The first-order chi connectivity index (χ1) is 10.1. The van der Waals surface area contributed by atoms with E-state index in [1.165, 1.54) is 12.3 Å². The number of rotatable bonds is 5. The zero-order valence-corrected chi connectivity index (χ0v) is 12.1. The molecule has 2 rings (SSSR count). The fraction of sp³-hybridized carbons (Fsp3) is 0.200. The van der Waals surface area contributed by atoms with Gasteiger partial charge in [0, 0.05) is 11.1 Å². The summed E-state index contributed by atoms with van der Waals surface area (Å²) in [5.41, 5.74) is 0.324. The molecule has 0 radical (unpaired) electrons. The SMILES string of the molecule is CC(Oc1cc(Cl)ccc1C#N)C(=O)NCc1ccco1. The van der Waals surface area contributed by atoms with Crippen LogP contribution in [0.5, 0.6) is 5.75 Å². The Morgan fingerprint density at radius 1 is 1.52 bits per heavy atom. The highest BCUT2D eigenvalue weighted by Gasteiger charge is 2.16. The minimum absolute atomic E-state index is 0.278. The molecule has 2 aromatic rings. The number of hydrogen-bond acceptors (Lipinski definition) is 4. The third-order valence-electron chi connectivity index (χ3n) is 2.75. The number of nitrogens with zero attached hydrogens (tertiary/aromatic N) is 1. The van der Waals surface area contributed by atoms with E-state index in [9.17, 15) is 4.79 Å². The molecule has 1 unspecified atom stereocenters. The molecule has 1 amide bonds. The molecule has 21 heavy (non-hydrogen) atoms. The molecule has 0 aliphatic heterocycles. The molecule has 0 fully saturated rings. The lowest BCUT2D eigenvalue weighted by atomic mass is 10.2. The first-order valence-electron chi connectivity index (χ1n) is 6.26. The summed E-state index contributed by atoms with van der Waals surface area (Å²) in [6.07, 6.45) is 0.776. The summed E-state index contributed by atoms with van der Waals surface area (Å²) < 4.78 is 10.6. The van der Waals surface area contributed by atoms with E-state index >= 15 is 0 Å². The van der Waals surface area contributed by atoms with Crippen LogP contribution in [-0.2, 0) is 11.3 Å². The number of carbonyl (C=O) groups is 1. The number of nitrogens with one attached hydrogen (secondary N) is 1.